The highest BCUT2D eigenvalue weighted by atomic mass is 16.6. The molecule has 4 bridgehead atoms. The van der Waals surface area contributed by atoms with Crippen molar-refractivity contribution in [1.29, 1.82) is 0 Å². The molecule has 5 rings (SSSR count). The van der Waals surface area contributed by atoms with E-state index in [2.05, 4.69) is 10.3 Å². The number of hydrogen-bond acceptors (Lipinski definition) is 3. The fourth-order valence-electron chi connectivity index (χ4n) is 5.02. The van der Waals surface area contributed by atoms with Gasteiger partial charge in [-0.25, -0.2) is 4.98 Å². The second-order valence-corrected chi connectivity index (χ2v) is 6.79. The van der Waals surface area contributed by atoms with E-state index in [0.717, 1.165) is 11.8 Å². The van der Waals surface area contributed by atoms with Crippen LogP contribution in [0.4, 0.5) is 11.5 Å². The Morgan fingerprint density at radius 1 is 1.15 bits per heavy atom. The Morgan fingerprint density at radius 2 is 1.80 bits per heavy atom. The predicted octanol–water partition coefficient (Wildman–Crippen LogP) is 2.65. The predicted molar refractivity (Wildman–Crippen MR) is 74.1 cm³/mol. The molecule has 4 fully saturated rings. The summed E-state index contributed by atoms with van der Waals surface area (Å²) < 4.78 is 0. The number of anilines is 1. The van der Waals surface area contributed by atoms with Crippen LogP contribution >= 0.6 is 0 Å². The minimum atomic E-state index is -0.311. The number of pyridine rings is 1. The topological polar surface area (TPSA) is 69.3 Å². The maximum absolute atomic E-state index is 11.1. The van der Waals surface area contributed by atoms with E-state index in [4.69, 9.17) is 0 Å². The molecule has 2 N–H and O–H groups in total. The molecule has 0 aliphatic heterocycles. The largest absolute Gasteiger partial charge is 0.357 e. The Hall–Kier alpha value is -1.65. The fraction of sp³-hybridized carbons (Fsp3) is 0.667. The van der Waals surface area contributed by atoms with Gasteiger partial charge >= 0.3 is 11.5 Å². The van der Waals surface area contributed by atoms with E-state index in [0.29, 0.717) is 23.7 Å². The third-order valence-electron chi connectivity index (χ3n) is 5.57. The van der Waals surface area contributed by atoms with Crippen LogP contribution in [-0.2, 0) is 0 Å². The van der Waals surface area contributed by atoms with Gasteiger partial charge in [0.1, 0.15) is 0 Å². The van der Waals surface area contributed by atoms with Crippen LogP contribution < -0.4 is 10.3 Å². The van der Waals surface area contributed by atoms with Crippen molar-refractivity contribution in [3.63, 3.8) is 0 Å². The second kappa shape index (κ2) is 4.43. The fourth-order valence-corrected chi connectivity index (χ4v) is 5.02. The zero-order valence-electron chi connectivity index (χ0n) is 11.4. The lowest BCUT2D eigenvalue weighted by atomic mass is 9.54. The molecular weight excluding hydrogens is 254 g/mol. The summed E-state index contributed by atoms with van der Waals surface area (Å²) in [6.07, 6.45) is 8.43. The zero-order chi connectivity index (χ0) is 13.7. The number of rotatable bonds is 3. The molecule has 0 spiro atoms. The zero-order valence-corrected chi connectivity index (χ0v) is 11.4. The Kier molecular flexibility index (Phi) is 2.69. The van der Waals surface area contributed by atoms with Crippen molar-refractivity contribution in [2.24, 2.45) is 23.7 Å². The monoisotopic (exact) mass is 274 g/mol. The number of H-pyrrole nitrogens is 1. The molecule has 0 aromatic carbocycles. The lowest BCUT2D eigenvalue weighted by molar-refractivity contribution is -0.410. The summed E-state index contributed by atoms with van der Waals surface area (Å²) in [7, 11) is 0. The lowest BCUT2D eigenvalue weighted by Crippen LogP contribution is -2.52. The van der Waals surface area contributed by atoms with E-state index >= 15 is 0 Å². The average Bonchev–Trinajstić information content (AvgIpc) is 2.42. The lowest BCUT2D eigenvalue weighted by Gasteiger charge is -2.52. The molecule has 1 heterocycles. The van der Waals surface area contributed by atoms with Crippen LogP contribution in [0.15, 0.2) is 18.3 Å². The molecule has 5 nitrogen and oxygen atoms in total. The summed E-state index contributed by atoms with van der Waals surface area (Å²) in [4.78, 5) is 13.8. The standard InChI is InChI=1S/C15H19N3O2/c19-18(20)13-2-1-3-16-15(13)17-14-11-5-9-4-10(7-11)8-12(14)6-9/h1-3,9-12,14H,4-8H2,(H,16,17)/p+1. The summed E-state index contributed by atoms with van der Waals surface area (Å²) >= 11 is 0. The normalized spacial score (nSPS) is 37.9. The maximum Gasteiger partial charge on any atom is 0.357 e. The van der Waals surface area contributed by atoms with E-state index in [1.807, 2.05) is 0 Å². The molecule has 0 unspecified atom stereocenters. The smallest absolute Gasteiger partial charge is 0.265 e. The Bertz CT molecular complexity index is 518. The van der Waals surface area contributed by atoms with Crippen LogP contribution in [0.1, 0.15) is 32.1 Å². The van der Waals surface area contributed by atoms with Crippen LogP contribution in [0, 0.1) is 33.8 Å². The minimum absolute atomic E-state index is 0.154. The Balaban J connectivity index is 1.59. The molecule has 1 aromatic heterocycles. The summed E-state index contributed by atoms with van der Waals surface area (Å²) in [5.74, 6) is 3.84. The third-order valence-corrected chi connectivity index (χ3v) is 5.57. The molecular formula is C15H20N3O2+. The minimum Gasteiger partial charge on any atom is -0.265 e. The Morgan fingerprint density at radius 3 is 2.40 bits per heavy atom. The van der Waals surface area contributed by atoms with Gasteiger partial charge in [0.25, 0.3) is 0 Å². The van der Waals surface area contributed by atoms with Crippen LogP contribution in [0.5, 0.6) is 0 Å². The van der Waals surface area contributed by atoms with Gasteiger partial charge in [0.05, 0.1) is 17.2 Å². The first-order chi connectivity index (χ1) is 9.70. The number of hydrogen-bond donors (Lipinski definition) is 1. The van der Waals surface area contributed by atoms with Gasteiger partial charge in [-0.15, -0.1) is 0 Å². The van der Waals surface area contributed by atoms with Crippen molar-refractivity contribution >= 4 is 11.5 Å². The van der Waals surface area contributed by atoms with Gasteiger partial charge in [0.2, 0.25) is 0 Å². The molecule has 0 amide bonds. The van der Waals surface area contributed by atoms with Gasteiger partial charge in [-0.2, -0.15) is 0 Å². The van der Waals surface area contributed by atoms with Gasteiger partial charge in [0.15, 0.2) is 0 Å². The average molecular weight is 274 g/mol. The number of nitrogens with one attached hydrogen (secondary N) is 2. The summed E-state index contributed by atoms with van der Waals surface area (Å²) in [6.45, 7) is 0. The first-order valence-electron chi connectivity index (χ1n) is 7.62. The summed E-state index contributed by atoms with van der Waals surface area (Å²) in [5.41, 5.74) is 0.154. The highest BCUT2D eigenvalue weighted by Gasteiger charge is 2.50. The van der Waals surface area contributed by atoms with E-state index < -0.39 is 0 Å². The summed E-state index contributed by atoms with van der Waals surface area (Å²) in [5, 5.41) is 14.6. The van der Waals surface area contributed by atoms with Crippen LogP contribution in [0.2, 0.25) is 0 Å². The molecule has 20 heavy (non-hydrogen) atoms. The first-order valence-corrected chi connectivity index (χ1v) is 7.62. The molecule has 0 atom stereocenters. The molecule has 4 saturated carbocycles. The van der Waals surface area contributed by atoms with Crippen molar-refractivity contribution in [3.05, 3.63) is 28.4 Å². The highest BCUT2D eigenvalue weighted by Crippen LogP contribution is 2.54. The molecule has 5 heteroatoms. The van der Waals surface area contributed by atoms with Gasteiger partial charge < -0.3 is 0 Å². The number of aromatic amines is 1. The van der Waals surface area contributed by atoms with Crippen LogP contribution in [-0.4, -0.2) is 11.0 Å². The number of nitro groups is 1. The van der Waals surface area contributed by atoms with Gasteiger partial charge in [0, 0.05) is 6.07 Å². The molecule has 4 aliphatic carbocycles. The van der Waals surface area contributed by atoms with Crippen molar-refractivity contribution < 1.29 is 9.91 Å². The van der Waals surface area contributed by atoms with E-state index in [9.17, 15) is 10.1 Å². The summed E-state index contributed by atoms with van der Waals surface area (Å²) in [6, 6.07) is 3.66. The van der Waals surface area contributed by atoms with Gasteiger partial charge in [-0.3, -0.25) is 15.4 Å². The van der Waals surface area contributed by atoms with Gasteiger partial charge in [-0.05, 0) is 61.8 Å². The number of aromatic nitrogens is 1. The van der Waals surface area contributed by atoms with Crippen molar-refractivity contribution in [2.45, 2.75) is 38.1 Å². The second-order valence-electron chi connectivity index (χ2n) is 6.79. The van der Waals surface area contributed by atoms with Crippen molar-refractivity contribution in [3.8, 4) is 0 Å². The van der Waals surface area contributed by atoms with Gasteiger partial charge in [-0.1, -0.05) is 0 Å². The Labute approximate surface area is 117 Å². The van der Waals surface area contributed by atoms with Crippen LogP contribution in [0.25, 0.3) is 0 Å². The van der Waals surface area contributed by atoms with E-state index in [-0.39, 0.29) is 10.6 Å². The van der Waals surface area contributed by atoms with E-state index in [1.165, 1.54) is 32.1 Å². The highest BCUT2D eigenvalue weighted by molar-refractivity contribution is 5.51. The van der Waals surface area contributed by atoms with Crippen molar-refractivity contribution in [1.82, 2.24) is 0 Å². The molecule has 4 aliphatic rings. The van der Waals surface area contributed by atoms with Crippen molar-refractivity contribution in [2.75, 3.05) is 5.32 Å². The number of nitrogens with zero attached hydrogens (tertiary/aromatic N) is 1. The maximum atomic E-state index is 11.1. The molecule has 1 aromatic rings. The van der Waals surface area contributed by atoms with Crippen LogP contribution in [0.3, 0.4) is 0 Å². The first kappa shape index (κ1) is 12.1. The quantitative estimate of drug-likeness (QED) is 0.680. The third kappa shape index (κ3) is 1.87. The SMILES string of the molecule is O=[N+]([O-])c1ccc[nH+]c1NC1C2CC3CC(C2)CC1C3. The molecule has 0 saturated heterocycles. The van der Waals surface area contributed by atoms with E-state index in [1.54, 1.807) is 18.3 Å². The molecule has 106 valence electrons. The molecule has 0 radical (unpaired) electrons.